The number of ketones is 1. The van der Waals surface area contributed by atoms with Gasteiger partial charge in [-0.3, -0.25) is 4.79 Å². The van der Waals surface area contributed by atoms with E-state index in [1.54, 1.807) is 0 Å². The topological polar surface area (TPSA) is 26.3 Å². The Bertz CT molecular complexity index is 436. The normalized spacial score (nSPS) is 18.8. The van der Waals surface area contributed by atoms with Crippen LogP contribution in [0.15, 0.2) is 30.3 Å². The van der Waals surface area contributed by atoms with Crippen LogP contribution in [-0.4, -0.2) is 19.0 Å². The molecule has 0 atom stereocenters. The van der Waals surface area contributed by atoms with Crippen LogP contribution in [0.2, 0.25) is 0 Å². The molecule has 110 valence electrons. The Balaban J connectivity index is 2.21. The molecule has 0 saturated carbocycles. The van der Waals surface area contributed by atoms with Gasteiger partial charge in [0.2, 0.25) is 0 Å². The summed E-state index contributed by atoms with van der Waals surface area (Å²) in [6.45, 7) is 7.96. The number of carbonyl (C=O) groups excluding carboxylic acids is 1. The van der Waals surface area contributed by atoms with E-state index in [0.717, 1.165) is 19.3 Å². The van der Waals surface area contributed by atoms with Gasteiger partial charge in [0, 0.05) is 19.6 Å². The first-order valence-electron chi connectivity index (χ1n) is 7.61. The number of carbonyl (C=O) groups is 1. The first-order valence-corrected chi connectivity index (χ1v) is 7.61. The molecule has 2 nitrogen and oxygen atoms in total. The Hall–Kier alpha value is -1.15. The standard InChI is InChI=1S/C18H26O2/c1-17(2,3)10-9-16(19)18(11-13-20-14-12-18)15-7-5-4-6-8-15/h4-8H,9-14H2,1-3H3. The maximum Gasteiger partial charge on any atom is 0.143 e. The van der Waals surface area contributed by atoms with Gasteiger partial charge in [-0.15, -0.1) is 0 Å². The van der Waals surface area contributed by atoms with E-state index < -0.39 is 0 Å². The molecule has 0 amide bonds. The van der Waals surface area contributed by atoms with Gasteiger partial charge < -0.3 is 4.74 Å². The summed E-state index contributed by atoms with van der Waals surface area (Å²) in [5.41, 5.74) is 1.06. The van der Waals surface area contributed by atoms with Crippen LogP contribution in [-0.2, 0) is 14.9 Å². The van der Waals surface area contributed by atoms with Crippen molar-refractivity contribution in [3.63, 3.8) is 0 Å². The summed E-state index contributed by atoms with van der Waals surface area (Å²) >= 11 is 0. The molecule has 1 aliphatic heterocycles. The second kappa shape index (κ2) is 6.09. The number of hydrogen-bond donors (Lipinski definition) is 0. The molecule has 1 fully saturated rings. The van der Waals surface area contributed by atoms with E-state index >= 15 is 0 Å². The number of Topliss-reactive ketones (excluding diaryl/α,β-unsaturated/α-hetero) is 1. The summed E-state index contributed by atoms with van der Waals surface area (Å²) in [4.78, 5) is 12.9. The number of rotatable bonds is 4. The minimum atomic E-state index is -0.315. The third-order valence-corrected chi connectivity index (χ3v) is 4.31. The van der Waals surface area contributed by atoms with Crippen molar-refractivity contribution < 1.29 is 9.53 Å². The Kier molecular flexibility index (Phi) is 4.64. The van der Waals surface area contributed by atoms with Crippen LogP contribution in [0.25, 0.3) is 0 Å². The predicted octanol–water partition coefficient (Wildman–Crippen LogP) is 4.13. The summed E-state index contributed by atoms with van der Waals surface area (Å²) in [6.07, 6.45) is 3.25. The highest BCUT2D eigenvalue weighted by Gasteiger charge is 2.40. The average molecular weight is 274 g/mol. The van der Waals surface area contributed by atoms with Crippen molar-refractivity contribution >= 4 is 5.78 Å². The molecule has 1 aromatic carbocycles. The summed E-state index contributed by atoms with van der Waals surface area (Å²) in [6, 6.07) is 10.3. The second-order valence-electron chi connectivity index (χ2n) is 7.04. The van der Waals surface area contributed by atoms with Crippen LogP contribution in [0.4, 0.5) is 0 Å². The van der Waals surface area contributed by atoms with Crippen molar-refractivity contribution in [3.8, 4) is 0 Å². The Morgan fingerprint density at radius 1 is 1.15 bits per heavy atom. The fourth-order valence-electron chi connectivity index (χ4n) is 2.93. The molecule has 20 heavy (non-hydrogen) atoms. The smallest absolute Gasteiger partial charge is 0.143 e. The third kappa shape index (κ3) is 3.49. The maximum atomic E-state index is 12.9. The van der Waals surface area contributed by atoms with E-state index in [0.29, 0.717) is 25.4 Å². The summed E-state index contributed by atoms with van der Waals surface area (Å²) in [7, 11) is 0. The monoisotopic (exact) mass is 274 g/mol. The minimum absolute atomic E-state index is 0.207. The van der Waals surface area contributed by atoms with Gasteiger partial charge in [0.05, 0.1) is 5.41 Å². The lowest BCUT2D eigenvalue weighted by atomic mass is 9.69. The zero-order chi connectivity index (χ0) is 14.6. The highest BCUT2D eigenvalue weighted by molar-refractivity contribution is 5.90. The molecule has 0 unspecified atom stereocenters. The molecule has 2 rings (SSSR count). The Morgan fingerprint density at radius 3 is 2.30 bits per heavy atom. The first kappa shape index (κ1) is 15.2. The average Bonchev–Trinajstić information content (AvgIpc) is 2.45. The van der Waals surface area contributed by atoms with Gasteiger partial charge in [0.25, 0.3) is 0 Å². The Morgan fingerprint density at radius 2 is 1.75 bits per heavy atom. The highest BCUT2D eigenvalue weighted by atomic mass is 16.5. The van der Waals surface area contributed by atoms with Gasteiger partial charge in [-0.25, -0.2) is 0 Å². The van der Waals surface area contributed by atoms with Crippen LogP contribution >= 0.6 is 0 Å². The summed E-state index contributed by atoms with van der Waals surface area (Å²) < 4.78 is 5.49. The van der Waals surface area contributed by atoms with Gasteiger partial charge in [0.1, 0.15) is 5.78 Å². The lowest BCUT2D eigenvalue weighted by Crippen LogP contribution is -2.41. The van der Waals surface area contributed by atoms with Crippen molar-refractivity contribution in [2.24, 2.45) is 5.41 Å². The lowest BCUT2D eigenvalue weighted by Gasteiger charge is -2.37. The van der Waals surface area contributed by atoms with Crippen molar-refractivity contribution in [2.75, 3.05) is 13.2 Å². The van der Waals surface area contributed by atoms with E-state index in [1.165, 1.54) is 5.56 Å². The summed E-state index contributed by atoms with van der Waals surface area (Å²) in [5.74, 6) is 0.391. The van der Waals surface area contributed by atoms with E-state index in [4.69, 9.17) is 4.74 Å². The van der Waals surface area contributed by atoms with Crippen LogP contribution in [0.1, 0.15) is 52.0 Å². The lowest BCUT2D eigenvalue weighted by molar-refractivity contribution is -0.128. The predicted molar refractivity (Wildman–Crippen MR) is 81.9 cm³/mol. The van der Waals surface area contributed by atoms with E-state index in [1.807, 2.05) is 18.2 Å². The quantitative estimate of drug-likeness (QED) is 0.825. The van der Waals surface area contributed by atoms with Gasteiger partial charge in [-0.2, -0.15) is 0 Å². The van der Waals surface area contributed by atoms with Crippen molar-refractivity contribution in [1.82, 2.24) is 0 Å². The molecule has 0 radical (unpaired) electrons. The van der Waals surface area contributed by atoms with E-state index in [9.17, 15) is 4.79 Å². The molecule has 1 saturated heterocycles. The molecular weight excluding hydrogens is 248 g/mol. The van der Waals surface area contributed by atoms with Crippen LogP contribution in [0, 0.1) is 5.41 Å². The van der Waals surface area contributed by atoms with Crippen LogP contribution < -0.4 is 0 Å². The number of benzene rings is 1. The van der Waals surface area contributed by atoms with E-state index in [-0.39, 0.29) is 10.8 Å². The fraction of sp³-hybridized carbons (Fsp3) is 0.611. The maximum absolute atomic E-state index is 12.9. The van der Waals surface area contributed by atoms with Gasteiger partial charge in [-0.1, -0.05) is 51.1 Å². The second-order valence-corrected chi connectivity index (χ2v) is 7.04. The van der Waals surface area contributed by atoms with Crippen LogP contribution in [0.3, 0.4) is 0 Å². The molecule has 1 heterocycles. The molecule has 0 N–H and O–H groups in total. The molecule has 1 aliphatic rings. The molecule has 0 aromatic heterocycles. The summed E-state index contributed by atoms with van der Waals surface area (Å²) in [5, 5.41) is 0. The molecule has 2 heteroatoms. The minimum Gasteiger partial charge on any atom is -0.381 e. The SMILES string of the molecule is CC(C)(C)CCC(=O)C1(c2ccccc2)CCOCC1. The molecule has 1 aromatic rings. The molecule has 0 aliphatic carbocycles. The number of hydrogen-bond acceptors (Lipinski definition) is 2. The highest BCUT2D eigenvalue weighted by Crippen LogP contribution is 2.38. The van der Waals surface area contributed by atoms with Gasteiger partial charge in [0.15, 0.2) is 0 Å². The molecular formula is C18H26O2. The van der Waals surface area contributed by atoms with Gasteiger partial charge in [-0.05, 0) is 30.2 Å². The Labute approximate surface area is 122 Å². The molecule has 0 spiro atoms. The number of ether oxygens (including phenoxy) is 1. The van der Waals surface area contributed by atoms with Crippen molar-refractivity contribution in [3.05, 3.63) is 35.9 Å². The fourth-order valence-corrected chi connectivity index (χ4v) is 2.93. The zero-order valence-electron chi connectivity index (χ0n) is 12.9. The van der Waals surface area contributed by atoms with Gasteiger partial charge >= 0.3 is 0 Å². The van der Waals surface area contributed by atoms with E-state index in [2.05, 4.69) is 32.9 Å². The third-order valence-electron chi connectivity index (χ3n) is 4.31. The van der Waals surface area contributed by atoms with Crippen molar-refractivity contribution in [2.45, 2.75) is 51.9 Å². The zero-order valence-corrected chi connectivity index (χ0v) is 12.9. The first-order chi connectivity index (χ1) is 9.44. The molecule has 0 bridgehead atoms. The van der Waals surface area contributed by atoms with Crippen molar-refractivity contribution in [1.29, 1.82) is 0 Å². The largest absolute Gasteiger partial charge is 0.381 e. The van der Waals surface area contributed by atoms with Crippen LogP contribution in [0.5, 0.6) is 0 Å².